The molecule has 2 aromatic carbocycles. The zero-order chi connectivity index (χ0) is 18.3. The molecule has 0 bridgehead atoms. The first kappa shape index (κ1) is 16.8. The molecule has 0 aromatic heterocycles. The van der Waals surface area contributed by atoms with E-state index in [1.165, 1.54) is 6.07 Å². The Hall–Kier alpha value is -2.69. The summed E-state index contributed by atoms with van der Waals surface area (Å²) in [5, 5.41) is 0. The van der Waals surface area contributed by atoms with E-state index < -0.39 is 0 Å². The molecule has 4 rings (SSSR count). The number of nitrogens with zero attached hydrogens (tertiary/aromatic N) is 2. The minimum Gasteiger partial charge on any atom is -0.366 e. The molecule has 2 aromatic rings. The minimum absolute atomic E-state index is 0.0135. The second kappa shape index (κ2) is 6.56. The zero-order valence-corrected chi connectivity index (χ0v) is 14.7. The summed E-state index contributed by atoms with van der Waals surface area (Å²) in [6, 6.07) is 12.3. The number of piperazine rings is 1. The maximum Gasteiger partial charge on any atom is 0.230 e. The number of carbonyl (C=O) groups excluding carboxylic acids is 2. The fourth-order valence-electron chi connectivity index (χ4n) is 4.09. The molecule has 4 nitrogen and oxygen atoms in total. The third-order valence-electron chi connectivity index (χ3n) is 5.45. The largest absolute Gasteiger partial charge is 0.366 e. The molecule has 1 atom stereocenters. The van der Waals surface area contributed by atoms with E-state index in [9.17, 15) is 14.0 Å². The molecule has 1 aliphatic heterocycles. The Morgan fingerprint density at radius 2 is 1.77 bits per heavy atom. The first-order valence-corrected chi connectivity index (χ1v) is 8.97. The number of para-hydroxylation sites is 1. The van der Waals surface area contributed by atoms with Gasteiger partial charge in [-0.05, 0) is 30.2 Å². The lowest BCUT2D eigenvalue weighted by Gasteiger charge is -2.37. The Labute approximate surface area is 152 Å². The van der Waals surface area contributed by atoms with Crippen LogP contribution in [0.1, 0.15) is 33.8 Å². The summed E-state index contributed by atoms with van der Waals surface area (Å²) in [7, 11) is 0. The summed E-state index contributed by atoms with van der Waals surface area (Å²) >= 11 is 0. The van der Waals surface area contributed by atoms with Crippen LogP contribution in [-0.2, 0) is 4.79 Å². The van der Waals surface area contributed by atoms with E-state index >= 15 is 0 Å². The van der Waals surface area contributed by atoms with Gasteiger partial charge in [-0.1, -0.05) is 30.3 Å². The van der Waals surface area contributed by atoms with Gasteiger partial charge in [-0.3, -0.25) is 9.59 Å². The summed E-state index contributed by atoms with van der Waals surface area (Å²) in [5.41, 5.74) is 3.15. The van der Waals surface area contributed by atoms with Crippen molar-refractivity contribution in [2.24, 2.45) is 0 Å². The van der Waals surface area contributed by atoms with Gasteiger partial charge in [-0.25, -0.2) is 4.39 Å². The first-order valence-electron chi connectivity index (χ1n) is 8.97. The van der Waals surface area contributed by atoms with Gasteiger partial charge in [0.25, 0.3) is 0 Å². The summed E-state index contributed by atoms with van der Waals surface area (Å²) in [6.07, 6.45) is 0.256. The van der Waals surface area contributed by atoms with Gasteiger partial charge in [0.05, 0.1) is 11.6 Å². The van der Waals surface area contributed by atoms with Crippen LogP contribution in [0, 0.1) is 12.7 Å². The molecule has 1 saturated heterocycles. The number of rotatable bonds is 2. The number of aryl methyl sites for hydroxylation is 1. The molecule has 1 fully saturated rings. The highest BCUT2D eigenvalue weighted by Crippen LogP contribution is 2.37. The molecular formula is C21H21FN2O2. The molecule has 1 aliphatic carbocycles. The monoisotopic (exact) mass is 352 g/mol. The fraction of sp³-hybridized carbons (Fsp3) is 0.333. The highest BCUT2D eigenvalue weighted by Gasteiger charge is 2.38. The van der Waals surface area contributed by atoms with E-state index in [1.54, 1.807) is 12.1 Å². The first-order chi connectivity index (χ1) is 12.6. The van der Waals surface area contributed by atoms with Gasteiger partial charge in [0.1, 0.15) is 5.82 Å². The number of amides is 1. The van der Waals surface area contributed by atoms with Crippen molar-refractivity contribution in [2.75, 3.05) is 31.1 Å². The lowest BCUT2D eigenvalue weighted by molar-refractivity contribution is -0.133. The van der Waals surface area contributed by atoms with Crippen molar-refractivity contribution < 1.29 is 14.0 Å². The van der Waals surface area contributed by atoms with E-state index in [1.807, 2.05) is 41.0 Å². The van der Waals surface area contributed by atoms with Gasteiger partial charge >= 0.3 is 0 Å². The third-order valence-corrected chi connectivity index (χ3v) is 5.45. The maximum atomic E-state index is 14.0. The van der Waals surface area contributed by atoms with Crippen LogP contribution in [0.15, 0.2) is 42.5 Å². The van der Waals surface area contributed by atoms with Crippen LogP contribution in [0.5, 0.6) is 0 Å². The Morgan fingerprint density at radius 3 is 2.50 bits per heavy atom. The molecule has 5 heteroatoms. The molecule has 2 aliphatic rings. The second-order valence-electron chi connectivity index (χ2n) is 6.98. The molecular weight excluding hydrogens is 331 g/mol. The Bertz CT molecular complexity index is 872. The molecule has 0 spiro atoms. The number of ketones is 1. The van der Waals surface area contributed by atoms with Crippen LogP contribution in [0.4, 0.5) is 10.1 Å². The third kappa shape index (κ3) is 2.77. The average molecular weight is 352 g/mol. The molecule has 26 heavy (non-hydrogen) atoms. The number of halogens is 1. The van der Waals surface area contributed by atoms with Crippen LogP contribution in [-0.4, -0.2) is 42.8 Å². The molecule has 0 radical (unpaired) electrons. The van der Waals surface area contributed by atoms with Crippen LogP contribution in [0.2, 0.25) is 0 Å². The van der Waals surface area contributed by atoms with E-state index in [4.69, 9.17) is 0 Å². The van der Waals surface area contributed by atoms with E-state index in [0.717, 1.165) is 11.1 Å². The van der Waals surface area contributed by atoms with E-state index in [2.05, 4.69) is 0 Å². The molecule has 0 saturated carbocycles. The summed E-state index contributed by atoms with van der Waals surface area (Å²) in [5.74, 6) is -0.552. The highest BCUT2D eigenvalue weighted by molar-refractivity contribution is 6.07. The van der Waals surface area contributed by atoms with Crippen molar-refractivity contribution in [3.05, 3.63) is 65.0 Å². The van der Waals surface area contributed by atoms with E-state index in [0.29, 0.717) is 37.4 Å². The summed E-state index contributed by atoms with van der Waals surface area (Å²) < 4.78 is 14.0. The second-order valence-corrected chi connectivity index (χ2v) is 6.98. The normalized spacial score (nSPS) is 19.6. The van der Waals surface area contributed by atoms with Gasteiger partial charge in [-0.15, -0.1) is 0 Å². The Balaban J connectivity index is 1.49. The highest BCUT2D eigenvalue weighted by atomic mass is 19.1. The quantitative estimate of drug-likeness (QED) is 0.834. The topological polar surface area (TPSA) is 40.6 Å². The number of fused-ring (bicyclic) bond motifs is 1. The van der Waals surface area contributed by atoms with Crippen molar-refractivity contribution in [3.8, 4) is 0 Å². The number of hydrogen-bond donors (Lipinski definition) is 0. The average Bonchev–Trinajstić information content (AvgIpc) is 3.00. The molecule has 0 N–H and O–H groups in total. The van der Waals surface area contributed by atoms with Crippen LogP contribution in [0.25, 0.3) is 0 Å². The number of hydrogen-bond acceptors (Lipinski definition) is 3. The van der Waals surface area contributed by atoms with E-state index in [-0.39, 0.29) is 29.8 Å². The lowest BCUT2D eigenvalue weighted by atomic mass is 9.95. The van der Waals surface area contributed by atoms with Gasteiger partial charge < -0.3 is 9.80 Å². The minimum atomic E-state index is -0.376. The number of benzene rings is 2. The summed E-state index contributed by atoms with van der Waals surface area (Å²) in [6.45, 7) is 4.22. The van der Waals surface area contributed by atoms with Crippen LogP contribution < -0.4 is 4.90 Å². The predicted molar refractivity (Wildman–Crippen MR) is 98.1 cm³/mol. The predicted octanol–water partition coefficient (Wildman–Crippen LogP) is 3.15. The molecule has 1 heterocycles. The molecule has 134 valence electrons. The van der Waals surface area contributed by atoms with Crippen molar-refractivity contribution in [1.82, 2.24) is 4.90 Å². The molecule has 1 unspecified atom stereocenters. The fourth-order valence-corrected chi connectivity index (χ4v) is 4.09. The standard InChI is InChI=1S/C21H21FN2O2/c1-14-5-4-6-15-19(25)13-16(20(14)15)21(26)24-11-9-23(10-12-24)18-8-3-2-7-17(18)22/h2-8,16H,9-13H2,1H3. The lowest BCUT2D eigenvalue weighted by Crippen LogP contribution is -2.50. The van der Waals surface area contributed by atoms with Gasteiger partial charge in [-0.2, -0.15) is 0 Å². The molecule has 1 amide bonds. The van der Waals surface area contributed by atoms with Gasteiger partial charge in [0.2, 0.25) is 5.91 Å². The zero-order valence-electron chi connectivity index (χ0n) is 14.7. The Kier molecular flexibility index (Phi) is 4.23. The van der Waals surface area contributed by atoms with Crippen LogP contribution in [0.3, 0.4) is 0 Å². The summed E-state index contributed by atoms with van der Waals surface area (Å²) in [4.78, 5) is 29.1. The Morgan fingerprint density at radius 1 is 1.04 bits per heavy atom. The van der Waals surface area contributed by atoms with Crippen LogP contribution >= 0.6 is 0 Å². The number of carbonyl (C=O) groups is 2. The number of anilines is 1. The van der Waals surface area contributed by atoms with Gasteiger partial charge in [0, 0.05) is 38.2 Å². The number of Topliss-reactive ketones (excluding diaryl/α,β-unsaturated/α-hetero) is 1. The van der Waals surface area contributed by atoms with Gasteiger partial charge in [0.15, 0.2) is 5.78 Å². The van der Waals surface area contributed by atoms with Crippen molar-refractivity contribution in [2.45, 2.75) is 19.3 Å². The van der Waals surface area contributed by atoms with Crippen molar-refractivity contribution in [3.63, 3.8) is 0 Å². The van der Waals surface area contributed by atoms with Crippen molar-refractivity contribution >= 4 is 17.4 Å². The smallest absolute Gasteiger partial charge is 0.230 e. The maximum absolute atomic E-state index is 14.0. The van der Waals surface area contributed by atoms with Crippen molar-refractivity contribution in [1.29, 1.82) is 0 Å². The SMILES string of the molecule is Cc1cccc2c1C(C(=O)N1CCN(c3ccccc3F)CC1)CC2=O.